The molecule has 82 valence electrons. The second-order valence-corrected chi connectivity index (χ2v) is 5.12. The maximum atomic E-state index is 5.99. The fraction of sp³-hybridized carbons (Fsp3) is 0.250. The molecule has 0 atom stereocenters. The molecule has 2 heterocycles. The van der Waals surface area contributed by atoms with E-state index in [9.17, 15) is 0 Å². The lowest BCUT2D eigenvalue weighted by Crippen LogP contribution is -1.92. The predicted octanol–water partition coefficient (Wildman–Crippen LogP) is 2.55. The number of hydrogen-bond donors (Lipinski definition) is 2. The molecule has 0 unspecified atom stereocenters. The fourth-order valence-corrected chi connectivity index (χ4v) is 2.86. The van der Waals surface area contributed by atoms with Gasteiger partial charge in [-0.3, -0.25) is 4.99 Å². The Morgan fingerprint density at radius 1 is 1.38 bits per heavy atom. The molecule has 0 saturated carbocycles. The molecule has 3 N–H and O–H groups in total. The molecule has 2 aromatic rings. The van der Waals surface area contributed by atoms with E-state index in [1.54, 1.807) is 11.8 Å². The van der Waals surface area contributed by atoms with Crippen LogP contribution in [0.25, 0.3) is 10.9 Å². The molecule has 16 heavy (non-hydrogen) atoms. The van der Waals surface area contributed by atoms with E-state index < -0.39 is 0 Å². The zero-order chi connectivity index (χ0) is 11.1. The number of nitrogen functional groups attached to an aromatic ring is 1. The van der Waals surface area contributed by atoms with Crippen LogP contribution in [0.4, 0.5) is 5.69 Å². The van der Waals surface area contributed by atoms with Crippen molar-refractivity contribution in [1.82, 2.24) is 4.98 Å². The minimum atomic E-state index is 0.810. The SMILES string of the molecule is Cc1cc(N)c2[nH]c(C3=NCCS3)cc2c1. The van der Waals surface area contributed by atoms with Gasteiger partial charge in [0, 0.05) is 17.7 Å². The number of H-pyrrole nitrogens is 1. The van der Waals surface area contributed by atoms with Gasteiger partial charge in [-0.25, -0.2) is 0 Å². The van der Waals surface area contributed by atoms with Gasteiger partial charge in [0.1, 0.15) is 5.04 Å². The van der Waals surface area contributed by atoms with Crippen LogP contribution in [0.5, 0.6) is 0 Å². The highest BCUT2D eigenvalue weighted by Gasteiger charge is 2.13. The van der Waals surface area contributed by atoms with Gasteiger partial charge in [-0.15, -0.1) is 11.8 Å². The molecule has 3 nitrogen and oxygen atoms in total. The molecule has 1 aliphatic rings. The lowest BCUT2D eigenvalue weighted by molar-refractivity contribution is 1.17. The van der Waals surface area contributed by atoms with Crippen molar-refractivity contribution in [3.05, 3.63) is 29.5 Å². The van der Waals surface area contributed by atoms with E-state index in [-0.39, 0.29) is 0 Å². The number of nitrogens with one attached hydrogen (secondary N) is 1. The van der Waals surface area contributed by atoms with E-state index in [4.69, 9.17) is 5.73 Å². The number of thioether (sulfide) groups is 1. The maximum absolute atomic E-state index is 5.99. The lowest BCUT2D eigenvalue weighted by Gasteiger charge is -1.98. The summed E-state index contributed by atoms with van der Waals surface area (Å²) in [6.07, 6.45) is 0. The Balaban J connectivity index is 2.19. The van der Waals surface area contributed by atoms with E-state index in [0.29, 0.717) is 0 Å². The number of fused-ring (bicyclic) bond motifs is 1. The van der Waals surface area contributed by atoms with Crippen molar-refractivity contribution >= 4 is 33.4 Å². The number of hydrogen-bond acceptors (Lipinski definition) is 3. The first kappa shape index (κ1) is 9.78. The summed E-state index contributed by atoms with van der Waals surface area (Å²) in [6, 6.07) is 6.27. The number of nitrogens with two attached hydrogens (primary N) is 1. The molecule has 0 saturated heterocycles. The molecular weight excluding hydrogens is 218 g/mol. The van der Waals surface area contributed by atoms with Crippen molar-refractivity contribution < 1.29 is 0 Å². The molecule has 1 aromatic carbocycles. The van der Waals surface area contributed by atoms with Crippen LogP contribution in [0.1, 0.15) is 11.3 Å². The number of benzene rings is 1. The third kappa shape index (κ3) is 1.50. The Hall–Kier alpha value is -1.42. The van der Waals surface area contributed by atoms with Crippen LogP contribution in [-0.4, -0.2) is 22.3 Å². The summed E-state index contributed by atoms with van der Waals surface area (Å²) in [7, 11) is 0. The van der Waals surface area contributed by atoms with E-state index >= 15 is 0 Å². The van der Waals surface area contributed by atoms with Crippen molar-refractivity contribution in [3.63, 3.8) is 0 Å². The fourth-order valence-electron chi connectivity index (χ4n) is 2.04. The van der Waals surface area contributed by atoms with E-state index in [0.717, 1.165) is 34.2 Å². The molecule has 1 aromatic heterocycles. The molecule has 0 fully saturated rings. The minimum Gasteiger partial charge on any atom is -0.397 e. The highest BCUT2D eigenvalue weighted by molar-refractivity contribution is 8.14. The van der Waals surface area contributed by atoms with Gasteiger partial charge in [-0.05, 0) is 30.7 Å². The molecule has 0 radical (unpaired) electrons. The summed E-state index contributed by atoms with van der Waals surface area (Å²) in [5.74, 6) is 1.08. The normalized spacial score (nSPS) is 15.7. The van der Waals surface area contributed by atoms with Gasteiger partial charge in [-0.1, -0.05) is 0 Å². The van der Waals surface area contributed by atoms with Gasteiger partial charge in [0.25, 0.3) is 0 Å². The minimum absolute atomic E-state index is 0.810. The number of nitrogens with zero attached hydrogens (tertiary/aromatic N) is 1. The first-order valence-electron chi connectivity index (χ1n) is 5.30. The summed E-state index contributed by atoms with van der Waals surface area (Å²) in [5.41, 5.74) is 10.1. The Labute approximate surface area is 98.1 Å². The van der Waals surface area contributed by atoms with E-state index in [1.165, 1.54) is 10.9 Å². The summed E-state index contributed by atoms with van der Waals surface area (Å²) in [6.45, 7) is 2.98. The summed E-state index contributed by atoms with van der Waals surface area (Å²) >= 11 is 1.80. The number of aromatic amines is 1. The van der Waals surface area contributed by atoms with Crippen LogP contribution >= 0.6 is 11.8 Å². The van der Waals surface area contributed by atoms with Crippen molar-refractivity contribution in [2.75, 3.05) is 18.0 Å². The summed E-state index contributed by atoms with van der Waals surface area (Å²) in [5, 5.41) is 2.27. The van der Waals surface area contributed by atoms with Gasteiger partial charge in [0.15, 0.2) is 0 Å². The molecular formula is C12H13N3S. The third-order valence-corrected chi connectivity index (χ3v) is 3.73. The molecule has 3 rings (SSSR count). The summed E-state index contributed by atoms with van der Waals surface area (Å²) < 4.78 is 0. The van der Waals surface area contributed by atoms with Gasteiger partial charge in [-0.2, -0.15) is 0 Å². The van der Waals surface area contributed by atoms with Gasteiger partial charge >= 0.3 is 0 Å². The highest BCUT2D eigenvalue weighted by atomic mass is 32.2. The molecule has 0 spiro atoms. The lowest BCUT2D eigenvalue weighted by atomic mass is 10.1. The van der Waals surface area contributed by atoms with Gasteiger partial charge in [0.05, 0.1) is 16.9 Å². The Morgan fingerprint density at radius 3 is 3.00 bits per heavy atom. The average molecular weight is 231 g/mol. The predicted molar refractivity (Wildman–Crippen MR) is 71.3 cm³/mol. The largest absolute Gasteiger partial charge is 0.397 e. The van der Waals surface area contributed by atoms with Crippen LogP contribution in [0.2, 0.25) is 0 Å². The maximum Gasteiger partial charge on any atom is 0.114 e. The van der Waals surface area contributed by atoms with Crippen LogP contribution in [-0.2, 0) is 0 Å². The monoisotopic (exact) mass is 231 g/mol. The van der Waals surface area contributed by atoms with Crippen LogP contribution < -0.4 is 5.73 Å². The Bertz CT molecular complexity index is 583. The van der Waals surface area contributed by atoms with Gasteiger partial charge < -0.3 is 10.7 Å². The molecule has 0 aliphatic carbocycles. The van der Waals surface area contributed by atoms with Crippen LogP contribution in [0.3, 0.4) is 0 Å². The van der Waals surface area contributed by atoms with Crippen LogP contribution in [0, 0.1) is 6.92 Å². The van der Waals surface area contributed by atoms with Crippen molar-refractivity contribution in [3.8, 4) is 0 Å². The first-order valence-corrected chi connectivity index (χ1v) is 6.29. The zero-order valence-electron chi connectivity index (χ0n) is 9.08. The highest BCUT2D eigenvalue weighted by Crippen LogP contribution is 2.26. The number of anilines is 1. The zero-order valence-corrected chi connectivity index (χ0v) is 9.90. The number of aromatic nitrogens is 1. The number of aliphatic imine (C=N–C) groups is 1. The van der Waals surface area contributed by atoms with Crippen molar-refractivity contribution in [1.29, 1.82) is 0 Å². The van der Waals surface area contributed by atoms with E-state index in [1.807, 2.05) is 6.07 Å². The topological polar surface area (TPSA) is 54.2 Å². The molecule has 4 heteroatoms. The Morgan fingerprint density at radius 2 is 2.25 bits per heavy atom. The molecule has 0 bridgehead atoms. The smallest absolute Gasteiger partial charge is 0.114 e. The standard InChI is InChI=1S/C12H13N3S/c1-7-4-8-6-10(12-14-2-3-16-12)15-11(8)9(13)5-7/h4-6,15H,2-3,13H2,1H3. The third-order valence-electron chi connectivity index (χ3n) is 2.72. The second-order valence-electron chi connectivity index (χ2n) is 4.04. The van der Waals surface area contributed by atoms with Crippen LogP contribution in [0.15, 0.2) is 23.2 Å². The molecule has 0 amide bonds. The summed E-state index contributed by atoms with van der Waals surface area (Å²) in [4.78, 5) is 7.82. The molecule has 1 aliphatic heterocycles. The Kier molecular flexibility index (Phi) is 2.17. The van der Waals surface area contributed by atoms with Gasteiger partial charge in [0.2, 0.25) is 0 Å². The average Bonchev–Trinajstić information content (AvgIpc) is 2.82. The second kappa shape index (κ2) is 3.56. The van der Waals surface area contributed by atoms with Crippen molar-refractivity contribution in [2.45, 2.75) is 6.92 Å². The van der Waals surface area contributed by atoms with E-state index in [2.05, 4.69) is 29.0 Å². The first-order chi connectivity index (χ1) is 7.74. The quantitative estimate of drug-likeness (QED) is 0.741. The number of aryl methyl sites for hydroxylation is 1. The van der Waals surface area contributed by atoms with Crippen molar-refractivity contribution in [2.24, 2.45) is 4.99 Å². The number of rotatable bonds is 1.